The predicted octanol–water partition coefficient (Wildman–Crippen LogP) is 1.42. The van der Waals surface area contributed by atoms with Crippen LogP contribution in [0.2, 0.25) is 0 Å². The molecule has 2 aromatic heterocycles. The van der Waals surface area contributed by atoms with E-state index in [4.69, 9.17) is 0 Å². The first-order valence-corrected chi connectivity index (χ1v) is 7.45. The van der Waals surface area contributed by atoms with Gasteiger partial charge in [-0.1, -0.05) is 5.16 Å². The van der Waals surface area contributed by atoms with Crippen molar-refractivity contribution >= 4 is 11.7 Å². The van der Waals surface area contributed by atoms with E-state index in [9.17, 15) is 4.79 Å². The third-order valence-electron chi connectivity index (χ3n) is 3.92. The van der Waals surface area contributed by atoms with E-state index in [0.717, 1.165) is 37.6 Å². The van der Waals surface area contributed by atoms with Crippen molar-refractivity contribution < 1.29 is 9.32 Å². The third kappa shape index (κ3) is 3.41. The molecule has 0 aliphatic carbocycles. The van der Waals surface area contributed by atoms with Crippen LogP contribution in [0.25, 0.3) is 0 Å². The highest BCUT2D eigenvalue weighted by Gasteiger charge is 2.21. The van der Waals surface area contributed by atoms with Gasteiger partial charge in [0.05, 0.1) is 0 Å². The van der Waals surface area contributed by atoms with Crippen LogP contribution in [-0.4, -0.2) is 40.7 Å². The van der Waals surface area contributed by atoms with Crippen LogP contribution in [-0.2, 0) is 0 Å². The molecule has 7 nitrogen and oxygen atoms in total. The summed E-state index contributed by atoms with van der Waals surface area (Å²) in [6.45, 7) is 4.46. The first kappa shape index (κ1) is 14.5. The first-order valence-electron chi connectivity index (χ1n) is 7.45. The summed E-state index contributed by atoms with van der Waals surface area (Å²) >= 11 is 0. The smallest absolute Gasteiger partial charge is 0.273 e. The fraction of sp³-hybridized carbons (Fsp3) is 0.467. The number of carbonyl (C=O) groups is 1. The van der Waals surface area contributed by atoms with Gasteiger partial charge in [0.15, 0.2) is 5.69 Å². The van der Waals surface area contributed by atoms with Gasteiger partial charge in [-0.25, -0.2) is 9.97 Å². The van der Waals surface area contributed by atoms with Gasteiger partial charge in [-0.3, -0.25) is 4.79 Å². The van der Waals surface area contributed by atoms with Crippen LogP contribution in [0.4, 0.5) is 5.82 Å². The van der Waals surface area contributed by atoms with Gasteiger partial charge in [-0.2, -0.15) is 0 Å². The van der Waals surface area contributed by atoms with E-state index in [0.29, 0.717) is 18.2 Å². The maximum Gasteiger partial charge on any atom is 0.273 e. The zero-order valence-electron chi connectivity index (χ0n) is 12.5. The summed E-state index contributed by atoms with van der Waals surface area (Å²) in [6.07, 6.45) is 5.25. The second kappa shape index (κ2) is 6.55. The Hall–Kier alpha value is -2.44. The molecule has 0 aromatic carbocycles. The molecule has 1 N–H and O–H groups in total. The summed E-state index contributed by atoms with van der Waals surface area (Å²) in [6, 6.07) is 3.51. The lowest BCUT2D eigenvalue weighted by atomic mass is 9.97. The molecule has 0 unspecified atom stereocenters. The van der Waals surface area contributed by atoms with Crippen LogP contribution in [0, 0.1) is 12.8 Å². The van der Waals surface area contributed by atoms with Gasteiger partial charge in [0, 0.05) is 31.9 Å². The Labute approximate surface area is 128 Å². The van der Waals surface area contributed by atoms with Gasteiger partial charge >= 0.3 is 0 Å². The Balaban J connectivity index is 1.47. The highest BCUT2D eigenvalue weighted by atomic mass is 16.5. The van der Waals surface area contributed by atoms with Gasteiger partial charge in [0.1, 0.15) is 17.9 Å². The zero-order valence-corrected chi connectivity index (χ0v) is 12.5. The average Bonchev–Trinajstić information content (AvgIpc) is 3.08. The summed E-state index contributed by atoms with van der Waals surface area (Å²) in [4.78, 5) is 22.7. The number of hydrogen-bond donors (Lipinski definition) is 1. The molecular formula is C15H19N5O2. The van der Waals surface area contributed by atoms with Crippen LogP contribution in [0.3, 0.4) is 0 Å². The van der Waals surface area contributed by atoms with E-state index in [1.807, 2.05) is 13.0 Å². The lowest BCUT2D eigenvalue weighted by molar-refractivity contribution is 0.0936. The molecule has 0 spiro atoms. The van der Waals surface area contributed by atoms with Crippen molar-refractivity contribution in [3.63, 3.8) is 0 Å². The normalized spacial score (nSPS) is 15.8. The Bertz CT molecular complexity index is 621. The molecule has 1 fully saturated rings. The molecule has 1 saturated heterocycles. The zero-order chi connectivity index (χ0) is 15.4. The minimum Gasteiger partial charge on any atom is -0.364 e. The minimum atomic E-state index is -0.178. The Morgan fingerprint density at radius 1 is 1.41 bits per heavy atom. The fourth-order valence-electron chi connectivity index (χ4n) is 2.64. The maximum absolute atomic E-state index is 11.8. The molecule has 0 bridgehead atoms. The van der Waals surface area contributed by atoms with Crippen molar-refractivity contribution in [3.05, 3.63) is 36.1 Å². The Morgan fingerprint density at radius 2 is 2.23 bits per heavy atom. The molecule has 0 radical (unpaired) electrons. The van der Waals surface area contributed by atoms with E-state index in [1.54, 1.807) is 12.3 Å². The Morgan fingerprint density at radius 3 is 2.91 bits per heavy atom. The molecule has 3 rings (SSSR count). The summed E-state index contributed by atoms with van der Waals surface area (Å²) in [5.41, 5.74) is 0.328. The highest BCUT2D eigenvalue weighted by Crippen LogP contribution is 2.21. The quantitative estimate of drug-likeness (QED) is 0.919. The largest absolute Gasteiger partial charge is 0.364 e. The van der Waals surface area contributed by atoms with Crippen LogP contribution in [0.5, 0.6) is 0 Å². The minimum absolute atomic E-state index is 0.178. The van der Waals surface area contributed by atoms with Crippen LogP contribution in [0.1, 0.15) is 29.2 Å². The number of anilines is 1. The molecule has 1 aliphatic heterocycles. The number of carbonyl (C=O) groups excluding carboxylic acids is 1. The average molecular weight is 301 g/mol. The second-order valence-corrected chi connectivity index (χ2v) is 5.49. The van der Waals surface area contributed by atoms with Crippen molar-refractivity contribution in [3.8, 4) is 0 Å². The van der Waals surface area contributed by atoms with Gasteiger partial charge in [0.2, 0.25) is 0 Å². The summed E-state index contributed by atoms with van der Waals surface area (Å²) in [7, 11) is 0. The van der Waals surface area contributed by atoms with E-state index in [1.165, 1.54) is 6.26 Å². The number of nitrogens with one attached hydrogen (secondary N) is 1. The summed E-state index contributed by atoms with van der Waals surface area (Å²) in [5.74, 6) is 2.08. The lowest BCUT2D eigenvalue weighted by Gasteiger charge is -2.32. The van der Waals surface area contributed by atoms with Crippen molar-refractivity contribution in [2.75, 3.05) is 24.5 Å². The van der Waals surface area contributed by atoms with Crippen LogP contribution < -0.4 is 10.2 Å². The lowest BCUT2D eigenvalue weighted by Crippen LogP contribution is -2.39. The molecule has 22 heavy (non-hydrogen) atoms. The topological polar surface area (TPSA) is 84.2 Å². The molecule has 0 saturated carbocycles. The number of piperidine rings is 1. The molecule has 0 atom stereocenters. The van der Waals surface area contributed by atoms with E-state index < -0.39 is 0 Å². The third-order valence-corrected chi connectivity index (χ3v) is 3.92. The summed E-state index contributed by atoms with van der Waals surface area (Å²) < 4.78 is 4.67. The predicted molar refractivity (Wildman–Crippen MR) is 80.5 cm³/mol. The number of aromatic nitrogens is 3. The first-order chi connectivity index (χ1) is 10.7. The summed E-state index contributed by atoms with van der Waals surface area (Å²) in [5, 5.41) is 6.54. The molecular weight excluding hydrogens is 282 g/mol. The van der Waals surface area contributed by atoms with Crippen molar-refractivity contribution in [2.24, 2.45) is 5.92 Å². The molecule has 2 aromatic rings. The number of rotatable bonds is 4. The molecule has 116 valence electrons. The number of nitrogens with zero attached hydrogens (tertiary/aromatic N) is 4. The molecule has 1 amide bonds. The van der Waals surface area contributed by atoms with Crippen LogP contribution in [0.15, 0.2) is 29.1 Å². The Kier molecular flexibility index (Phi) is 4.32. The van der Waals surface area contributed by atoms with Gasteiger partial charge in [0.25, 0.3) is 5.91 Å². The van der Waals surface area contributed by atoms with Gasteiger partial charge < -0.3 is 14.7 Å². The number of aryl methyl sites for hydroxylation is 1. The number of amides is 1. The van der Waals surface area contributed by atoms with Crippen LogP contribution >= 0.6 is 0 Å². The molecule has 1 aliphatic rings. The maximum atomic E-state index is 11.8. The van der Waals surface area contributed by atoms with Crippen molar-refractivity contribution in [1.82, 2.24) is 20.4 Å². The molecule has 3 heterocycles. The standard InChI is InChI=1S/C15H19N5O2/c1-11-16-6-2-14(18-11)20-7-3-12(4-8-20)10-17-15(21)13-5-9-22-19-13/h2,5-6,9,12H,3-4,7-8,10H2,1H3,(H,17,21). The molecule has 7 heteroatoms. The van der Waals surface area contributed by atoms with Gasteiger partial charge in [-0.05, 0) is 31.7 Å². The van der Waals surface area contributed by atoms with Crippen molar-refractivity contribution in [1.29, 1.82) is 0 Å². The second-order valence-electron chi connectivity index (χ2n) is 5.49. The van der Waals surface area contributed by atoms with E-state index >= 15 is 0 Å². The highest BCUT2D eigenvalue weighted by molar-refractivity contribution is 5.91. The van der Waals surface area contributed by atoms with E-state index in [2.05, 4.69) is 29.9 Å². The van der Waals surface area contributed by atoms with Gasteiger partial charge in [-0.15, -0.1) is 0 Å². The fourth-order valence-corrected chi connectivity index (χ4v) is 2.64. The monoisotopic (exact) mass is 301 g/mol. The van der Waals surface area contributed by atoms with E-state index in [-0.39, 0.29) is 5.91 Å². The van der Waals surface area contributed by atoms with Crippen molar-refractivity contribution in [2.45, 2.75) is 19.8 Å². The SMILES string of the molecule is Cc1nccc(N2CCC(CNC(=O)c3ccon3)CC2)n1. The number of hydrogen-bond acceptors (Lipinski definition) is 6.